The van der Waals surface area contributed by atoms with E-state index >= 15 is 0 Å². The monoisotopic (exact) mass is 333 g/mol. The molecule has 0 fully saturated rings. The number of aromatic nitrogens is 1. The van der Waals surface area contributed by atoms with Gasteiger partial charge < -0.3 is 10.2 Å². The highest BCUT2D eigenvalue weighted by atomic mass is 79.9. The van der Waals surface area contributed by atoms with Crippen LogP contribution in [0, 0.1) is 0 Å². The first kappa shape index (κ1) is 14.9. The lowest BCUT2D eigenvalue weighted by Gasteiger charge is -2.23. The van der Waals surface area contributed by atoms with Crippen molar-refractivity contribution in [2.75, 3.05) is 24.3 Å². The van der Waals surface area contributed by atoms with Crippen molar-refractivity contribution in [1.82, 2.24) is 4.98 Å². The molecule has 0 aliphatic carbocycles. The van der Waals surface area contributed by atoms with E-state index in [0.717, 1.165) is 22.4 Å². The largest absolute Gasteiger partial charge is 0.375 e. The van der Waals surface area contributed by atoms with E-state index < -0.39 is 0 Å². The minimum absolute atomic E-state index is 0.274. The maximum absolute atomic E-state index is 4.43. The van der Waals surface area contributed by atoms with Crippen molar-refractivity contribution in [3.8, 4) is 0 Å². The summed E-state index contributed by atoms with van der Waals surface area (Å²) in [6, 6.07) is 12.7. The van der Waals surface area contributed by atoms with Crippen LogP contribution in [0.2, 0.25) is 0 Å². The molecular formula is C16H20BrN3. The molecule has 1 unspecified atom stereocenters. The number of nitrogens with one attached hydrogen (secondary N) is 1. The van der Waals surface area contributed by atoms with Crippen LogP contribution < -0.4 is 10.2 Å². The Morgan fingerprint density at radius 2 is 2.05 bits per heavy atom. The van der Waals surface area contributed by atoms with Gasteiger partial charge in [-0.25, -0.2) is 4.98 Å². The second-order valence-corrected chi connectivity index (χ2v) is 5.84. The summed E-state index contributed by atoms with van der Waals surface area (Å²) >= 11 is 3.53. The van der Waals surface area contributed by atoms with Gasteiger partial charge in [0.05, 0.1) is 11.7 Å². The van der Waals surface area contributed by atoms with E-state index in [1.807, 2.05) is 37.3 Å². The fourth-order valence-corrected chi connectivity index (χ4v) is 2.62. The van der Waals surface area contributed by atoms with Crippen LogP contribution in [-0.4, -0.2) is 19.1 Å². The summed E-state index contributed by atoms with van der Waals surface area (Å²) < 4.78 is 1.11. The lowest BCUT2D eigenvalue weighted by molar-refractivity contribution is 0.747. The van der Waals surface area contributed by atoms with Gasteiger partial charge in [-0.3, -0.25) is 0 Å². The molecule has 4 heteroatoms. The minimum Gasteiger partial charge on any atom is -0.375 e. The maximum atomic E-state index is 4.43. The van der Waals surface area contributed by atoms with Crippen molar-refractivity contribution >= 4 is 27.4 Å². The predicted octanol–water partition coefficient (Wildman–Crippen LogP) is 4.47. The maximum Gasteiger partial charge on any atom is 0.151 e. The lowest BCUT2D eigenvalue weighted by Crippen LogP contribution is -2.16. The molecule has 1 atom stereocenters. The number of hydrogen-bond acceptors (Lipinski definition) is 3. The fourth-order valence-electron chi connectivity index (χ4n) is 2.20. The van der Waals surface area contributed by atoms with Crippen molar-refractivity contribution in [1.29, 1.82) is 0 Å². The van der Waals surface area contributed by atoms with Crippen LogP contribution in [-0.2, 0) is 0 Å². The zero-order chi connectivity index (χ0) is 14.5. The van der Waals surface area contributed by atoms with Crippen LogP contribution >= 0.6 is 15.9 Å². The Labute approximate surface area is 129 Å². The minimum atomic E-state index is 0.274. The highest BCUT2D eigenvalue weighted by molar-refractivity contribution is 9.10. The molecule has 0 saturated heterocycles. The molecule has 2 rings (SSSR count). The molecule has 0 aliphatic rings. The number of anilines is 2. The van der Waals surface area contributed by atoms with E-state index in [0.29, 0.717) is 0 Å². The van der Waals surface area contributed by atoms with Gasteiger partial charge in [-0.1, -0.05) is 35.0 Å². The van der Waals surface area contributed by atoms with Gasteiger partial charge in [0, 0.05) is 24.8 Å². The van der Waals surface area contributed by atoms with Gasteiger partial charge in [0.1, 0.15) is 0 Å². The lowest BCUT2D eigenvalue weighted by atomic mass is 10.0. The summed E-state index contributed by atoms with van der Waals surface area (Å²) in [4.78, 5) is 6.45. The van der Waals surface area contributed by atoms with Crippen LogP contribution in [0.4, 0.5) is 11.5 Å². The molecule has 2 aromatic rings. The number of pyridine rings is 1. The standard InChI is InChI=1S/C16H20BrN3/c1-4-14(12-7-5-8-13(17)11-12)19-15-9-6-10-18-16(15)20(2)3/h5-11,14,19H,4H2,1-3H3. The Kier molecular flexibility index (Phi) is 5.01. The summed E-state index contributed by atoms with van der Waals surface area (Å²) in [5.41, 5.74) is 2.33. The third-order valence-corrected chi connectivity index (χ3v) is 3.69. The van der Waals surface area contributed by atoms with E-state index in [4.69, 9.17) is 0 Å². The van der Waals surface area contributed by atoms with Crippen LogP contribution in [0.1, 0.15) is 24.9 Å². The normalized spacial score (nSPS) is 12.0. The van der Waals surface area contributed by atoms with E-state index in [1.54, 1.807) is 0 Å². The molecule has 1 N–H and O–H groups in total. The number of benzene rings is 1. The molecule has 1 heterocycles. The number of nitrogens with zero attached hydrogens (tertiary/aromatic N) is 2. The Hall–Kier alpha value is -1.55. The van der Waals surface area contributed by atoms with Crippen LogP contribution in [0.15, 0.2) is 47.1 Å². The molecule has 106 valence electrons. The average Bonchev–Trinajstić information content (AvgIpc) is 2.45. The zero-order valence-corrected chi connectivity index (χ0v) is 13.7. The van der Waals surface area contributed by atoms with E-state index in [1.165, 1.54) is 5.56 Å². The van der Waals surface area contributed by atoms with Crippen molar-refractivity contribution in [2.45, 2.75) is 19.4 Å². The Bertz CT molecular complexity index is 569. The smallest absolute Gasteiger partial charge is 0.151 e. The van der Waals surface area contributed by atoms with Gasteiger partial charge >= 0.3 is 0 Å². The topological polar surface area (TPSA) is 28.2 Å². The molecule has 3 nitrogen and oxygen atoms in total. The molecule has 0 radical (unpaired) electrons. The second kappa shape index (κ2) is 6.75. The second-order valence-electron chi connectivity index (χ2n) is 4.93. The summed E-state index contributed by atoms with van der Waals surface area (Å²) in [5.74, 6) is 0.959. The number of rotatable bonds is 5. The molecule has 0 spiro atoms. The molecule has 0 bridgehead atoms. The first-order chi connectivity index (χ1) is 9.61. The molecular weight excluding hydrogens is 314 g/mol. The van der Waals surface area contributed by atoms with Crippen LogP contribution in [0.25, 0.3) is 0 Å². The Morgan fingerprint density at radius 3 is 2.70 bits per heavy atom. The van der Waals surface area contributed by atoms with E-state index in [9.17, 15) is 0 Å². The van der Waals surface area contributed by atoms with Crippen molar-refractivity contribution in [2.24, 2.45) is 0 Å². The third kappa shape index (κ3) is 3.51. The summed E-state index contributed by atoms with van der Waals surface area (Å²) in [5, 5.41) is 3.60. The van der Waals surface area contributed by atoms with Crippen LogP contribution in [0.3, 0.4) is 0 Å². The molecule has 0 amide bonds. The van der Waals surface area contributed by atoms with Gasteiger partial charge in [0.2, 0.25) is 0 Å². The third-order valence-electron chi connectivity index (χ3n) is 3.20. The first-order valence-electron chi connectivity index (χ1n) is 6.76. The molecule has 20 heavy (non-hydrogen) atoms. The first-order valence-corrected chi connectivity index (χ1v) is 7.55. The van der Waals surface area contributed by atoms with Crippen molar-refractivity contribution < 1.29 is 0 Å². The number of hydrogen-bond donors (Lipinski definition) is 1. The van der Waals surface area contributed by atoms with E-state index in [-0.39, 0.29) is 6.04 Å². The van der Waals surface area contributed by atoms with Gasteiger partial charge in [0.15, 0.2) is 5.82 Å². The fraction of sp³-hybridized carbons (Fsp3) is 0.312. The zero-order valence-electron chi connectivity index (χ0n) is 12.1. The number of halogens is 1. The van der Waals surface area contributed by atoms with Gasteiger partial charge in [-0.05, 0) is 36.2 Å². The average molecular weight is 334 g/mol. The van der Waals surface area contributed by atoms with Gasteiger partial charge in [-0.15, -0.1) is 0 Å². The highest BCUT2D eigenvalue weighted by Gasteiger charge is 2.13. The Morgan fingerprint density at radius 1 is 1.25 bits per heavy atom. The van der Waals surface area contributed by atoms with E-state index in [2.05, 4.69) is 57.4 Å². The SMILES string of the molecule is CCC(Nc1cccnc1N(C)C)c1cccc(Br)c1. The van der Waals surface area contributed by atoms with Crippen molar-refractivity contribution in [3.63, 3.8) is 0 Å². The molecule has 1 aromatic carbocycles. The quantitative estimate of drug-likeness (QED) is 0.874. The van der Waals surface area contributed by atoms with Crippen LogP contribution in [0.5, 0.6) is 0 Å². The molecule has 1 aromatic heterocycles. The summed E-state index contributed by atoms with van der Waals surface area (Å²) in [7, 11) is 4.02. The van der Waals surface area contributed by atoms with Gasteiger partial charge in [-0.2, -0.15) is 0 Å². The highest BCUT2D eigenvalue weighted by Crippen LogP contribution is 2.28. The molecule has 0 aliphatic heterocycles. The predicted molar refractivity (Wildman–Crippen MR) is 89.4 cm³/mol. The summed E-state index contributed by atoms with van der Waals surface area (Å²) in [6.45, 7) is 2.18. The van der Waals surface area contributed by atoms with Crippen molar-refractivity contribution in [3.05, 3.63) is 52.6 Å². The molecule has 0 saturated carbocycles. The Balaban J connectivity index is 2.27. The summed E-state index contributed by atoms with van der Waals surface area (Å²) in [6.07, 6.45) is 2.83. The van der Waals surface area contributed by atoms with Gasteiger partial charge in [0.25, 0.3) is 0 Å².